The second-order valence-electron chi connectivity index (χ2n) is 7.52. The summed E-state index contributed by atoms with van der Waals surface area (Å²) in [7, 11) is 0. The van der Waals surface area contributed by atoms with Crippen LogP contribution in [0.5, 0.6) is 0 Å². The smallest absolute Gasteiger partial charge is 0.347 e. The van der Waals surface area contributed by atoms with Crippen molar-refractivity contribution in [1.82, 2.24) is 5.32 Å². The maximum absolute atomic E-state index is 12.8. The summed E-state index contributed by atoms with van der Waals surface area (Å²) in [4.78, 5) is 12.4. The van der Waals surface area contributed by atoms with Gasteiger partial charge in [0.15, 0.2) is 0 Å². The zero-order valence-electron chi connectivity index (χ0n) is 15.3. The highest BCUT2D eigenvalue weighted by molar-refractivity contribution is 6.02. The van der Waals surface area contributed by atoms with Crippen LogP contribution in [0.15, 0.2) is 60.7 Å². The van der Waals surface area contributed by atoms with Crippen LogP contribution in [0, 0.1) is 0 Å². The number of fused-ring (bicyclic) bond motifs is 1. The fourth-order valence-electron chi connectivity index (χ4n) is 2.93. The van der Waals surface area contributed by atoms with Crippen molar-refractivity contribution >= 4 is 16.7 Å². The van der Waals surface area contributed by atoms with Gasteiger partial charge in [-0.05, 0) is 66.9 Å². The van der Waals surface area contributed by atoms with Gasteiger partial charge in [-0.3, -0.25) is 4.79 Å². The minimum Gasteiger partial charge on any atom is -0.347 e. The third kappa shape index (κ3) is 4.30. The number of hydrogen-bond acceptors (Lipinski definition) is 1. The van der Waals surface area contributed by atoms with Crippen molar-refractivity contribution in [3.63, 3.8) is 0 Å². The number of rotatable bonds is 2. The summed E-state index contributed by atoms with van der Waals surface area (Å²) in [5, 5.41) is 4.66. The number of benzene rings is 3. The summed E-state index contributed by atoms with van der Waals surface area (Å²) in [5.41, 5.74) is 1.05. The maximum atomic E-state index is 12.8. The molecule has 27 heavy (non-hydrogen) atoms. The van der Waals surface area contributed by atoms with Gasteiger partial charge in [-0.15, -0.1) is 0 Å². The molecule has 0 fully saturated rings. The van der Waals surface area contributed by atoms with Crippen LogP contribution in [0.25, 0.3) is 21.9 Å². The van der Waals surface area contributed by atoms with Gasteiger partial charge in [-0.2, -0.15) is 13.2 Å². The molecule has 2 nitrogen and oxygen atoms in total. The van der Waals surface area contributed by atoms with E-state index >= 15 is 0 Å². The summed E-state index contributed by atoms with van der Waals surface area (Å²) in [5.74, 6) is -0.163. The standard InChI is InChI=1S/C22H20F3NO/c1-21(2,3)26-20(27)16-9-12-19-15(13-16)5-4-6-18(19)14-7-10-17(11-8-14)22(23,24)25/h4-13H,1-3H3,(H,26,27). The summed E-state index contributed by atoms with van der Waals surface area (Å²) >= 11 is 0. The van der Waals surface area contributed by atoms with Gasteiger partial charge in [0.05, 0.1) is 5.56 Å². The van der Waals surface area contributed by atoms with Crippen molar-refractivity contribution in [2.24, 2.45) is 0 Å². The van der Waals surface area contributed by atoms with Gasteiger partial charge in [0.25, 0.3) is 5.91 Å². The van der Waals surface area contributed by atoms with Crippen molar-refractivity contribution in [3.05, 3.63) is 71.8 Å². The lowest BCUT2D eigenvalue weighted by molar-refractivity contribution is -0.137. The highest BCUT2D eigenvalue weighted by Crippen LogP contribution is 2.33. The predicted molar refractivity (Wildman–Crippen MR) is 102 cm³/mol. The third-order valence-corrected chi connectivity index (χ3v) is 4.15. The quantitative estimate of drug-likeness (QED) is 0.583. The average Bonchev–Trinajstić information content (AvgIpc) is 2.58. The fourth-order valence-corrected chi connectivity index (χ4v) is 2.93. The van der Waals surface area contributed by atoms with Crippen LogP contribution in [0.1, 0.15) is 36.7 Å². The van der Waals surface area contributed by atoms with E-state index in [1.54, 1.807) is 12.1 Å². The van der Waals surface area contributed by atoms with Gasteiger partial charge in [0, 0.05) is 11.1 Å². The molecule has 0 bridgehead atoms. The lowest BCUT2D eigenvalue weighted by Gasteiger charge is -2.20. The first-order valence-electron chi connectivity index (χ1n) is 8.57. The van der Waals surface area contributed by atoms with Crippen molar-refractivity contribution in [1.29, 1.82) is 0 Å². The van der Waals surface area contributed by atoms with Gasteiger partial charge in [0.1, 0.15) is 0 Å². The molecule has 0 aromatic heterocycles. The summed E-state index contributed by atoms with van der Waals surface area (Å²) in [6.07, 6.45) is -4.35. The van der Waals surface area contributed by atoms with E-state index in [1.165, 1.54) is 12.1 Å². The summed E-state index contributed by atoms with van der Waals surface area (Å²) in [6.45, 7) is 5.73. The molecule has 0 atom stereocenters. The van der Waals surface area contributed by atoms with Crippen molar-refractivity contribution < 1.29 is 18.0 Å². The van der Waals surface area contributed by atoms with E-state index in [-0.39, 0.29) is 11.4 Å². The topological polar surface area (TPSA) is 29.1 Å². The molecular weight excluding hydrogens is 351 g/mol. The molecule has 0 aliphatic heterocycles. The molecule has 3 rings (SSSR count). The molecule has 0 unspecified atom stereocenters. The first-order valence-corrected chi connectivity index (χ1v) is 8.57. The van der Waals surface area contributed by atoms with E-state index in [0.29, 0.717) is 11.1 Å². The van der Waals surface area contributed by atoms with Crippen molar-refractivity contribution in [3.8, 4) is 11.1 Å². The molecule has 0 saturated heterocycles. The largest absolute Gasteiger partial charge is 0.416 e. The molecule has 1 N–H and O–H groups in total. The minimum atomic E-state index is -4.35. The molecule has 3 aromatic carbocycles. The van der Waals surface area contributed by atoms with Crippen molar-refractivity contribution in [2.75, 3.05) is 0 Å². The number of hydrogen-bond donors (Lipinski definition) is 1. The first-order chi connectivity index (χ1) is 12.5. The van der Waals surface area contributed by atoms with E-state index in [4.69, 9.17) is 0 Å². The van der Waals surface area contributed by atoms with Crippen LogP contribution >= 0.6 is 0 Å². The molecule has 0 aliphatic rings. The normalized spacial score (nSPS) is 12.2. The second-order valence-corrected chi connectivity index (χ2v) is 7.52. The molecule has 1 amide bonds. The highest BCUT2D eigenvalue weighted by atomic mass is 19.4. The molecule has 0 aliphatic carbocycles. The van der Waals surface area contributed by atoms with Crippen LogP contribution in [0.2, 0.25) is 0 Å². The van der Waals surface area contributed by atoms with Gasteiger partial charge in [0.2, 0.25) is 0 Å². The van der Waals surface area contributed by atoms with Crippen LogP contribution in [-0.4, -0.2) is 11.4 Å². The molecule has 5 heteroatoms. The van der Waals surface area contributed by atoms with E-state index in [9.17, 15) is 18.0 Å². The van der Waals surface area contributed by atoms with E-state index in [0.717, 1.165) is 28.5 Å². The number of amides is 1. The fraction of sp³-hybridized carbons (Fsp3) is 0.227. The number of carbonyl (C=O) groups excluding carboxylic acids is 1. The number of carbonyl (C=O) groups is 1. The molecule has 0 spiro atoms. The number of halogens is 3. The molecular formula is C22H20F3NO. The van der Waals surface area contributed by atoms with Crippen LogP contribution in [0.4, 0.5) is 13.2 Å². The van der Waals surface area contributed by atoms with E-state index < -0.39 is 11.7 Å². The Labute approximate surface area is 156 Å². The van der Waals surface area contributed by atoms with E-state index in [2.05, 4.69) is 5.32 Å². The minimum absolute atomic E-state index is 0.163. The Balaban J connectivity index is 2.00. The molecule has 0 heterocycles. The van der Waals surface area contributed by atoms with Gasteiger partial charge in [-0.1, -0.05) is 36.4 Å². The SMILES string of the molecule is CC(C)(C)NC(=O)c1ccc2c(-c3ccc(C(F)(F)F)cc3)cccc2c1. The molecule has 0 radical (unpaired) electrons. The molecule has 0 saturated carbocycles. The Morgan fingerprint density at radius 1 is 0.889 bits per heavy atom. The number of alkyl halides is 3. The van der Waals surface area contributed by atoms with Gasteiger partial charge >= 0.3 is 6.18 Å². The van der Waals surface area contributed by atoms with Crippen LogP contribution < -0.4 is 5.32 Å². The van der Waals surface area contributed by atoms with Gasteiger partial charge in [-0.25, -0.2) is 0 Å². The Morgan fingerprint density at radius 3 is 2.15 bits per heavy atom. The highest BCUT2D eigenvalue weighted by Gasteiger charge is 2.30. The Kier molecular flexibility index (Phi) is 4.72. The van der Waals surface area contributed by atoms with E-state index in [1.807, 2.05) is 45.0 Å². The number of nitrogens with one attached hydrogen (secondary N) is 1. The lowest BCUT2D eigenvalue weighted by atomic mass is 9.96. The Hall–Kier alpha value is -2.82. The maximum Gasteiger partial charge on any atom is 0.416 e. The van der Waals surface area contributed by atoms with Crippen LogP contribution in [0.3, 0.4) is 0 Å². The van der Waals surface area contributed by atoms with Crippen LogP contribution in [-0.2, 0) is 6.18 Å². The Morgan fingerprint density at radius 2 is 1.56 bits per heavy atom. The second kappa shape index (κ2) is 6.72. The summed E-state index contributed by atoms with van der Waals surface area (Å²) < 4.78 is 38.3. The molecule has 3 aromatic rings. The average molecular weight is 371 g/mol. The zero-order chi connectivity index (χ0) is 19.8. The van der Waals surface area contributed by atoms with Crippen molar-refractivity contribution in [2.45, 2.75) is 32.5 Å². The monoisotopic (exact) mass is 371 g/mol. The lowest BCUT2D eigenvalue weighted by Crippen LogP contribution is -2.40. The van der Waals surface area contributed by atoms with Gasteiger partial charge < -0.3 is 5.32 Å². The first kappa shape index (κ1) is 19.0. The summed E-state index contributed by atoms with van der Waals surface area (Å²) in [6, 6.07) is 16.0. The zero-order valence-corrected chi connectivity index (χ0v) is 15.3. The Bertz CT molecular complexity index is 983. The third-order valence-electron chi connectivity index (χ3n) is 4.15. The predicted octanol–water partition coefficient (Wildman–Crippen LogP) is 6.05. The molecule has 140 valence electrons.